The maximum absolute atomic E-state index is 12.5. The number of aliphatic hydroxyl groups is 2. The first-order valence-electron chi connectivity index (χ1n) is 8.20. The van der Waals surface area contributed by atoms with E-state index in [1.165, 1.54) is 13.8 Å². The Balaban J connectivity index is 2.98. The Morgan fingerprint density at radius 1 is 0.679 bits per heavy atom. The molecule has 0 saturated carbocycles. The SMILES string of the molecule is COC(=O)C1=C(O)C(C(=O)OC)[C@]2(C)C(C(=O)OC)=C(O)C(C(=O)OC)[C@]12C. The first-order valence-corrected chi connectivity index (χ1v) is 8.20. The summed E-state index contributed by atoms with van der Waals surface area (Å²) >= 11 is 0. The van der Waals surface area contributed by atoms with Crippen molar-refractivity contribution in [2.45, 2.75) is 13.8 Å². The van der Waals surface area contributed by atoms with Crippen molar-refractivity contribution in [3.8, 4) is 0 Å². The van der Waals surface area contributed by atoms with Crippen molar-refractivity contribution in [1.29, 1.82) is 0 Å². The molecule has 0 saturated heterocycles. The van der Waals surface area contributed by atoms with Crippen LogP contribution in [0.3, 0.4) is 0 Å². The van der Waals surface area contributed by atoms with E-state index in [9.17, 15) is 29.4 Å². The average molecular weight is 398 g/mol. The number of hydrogen-bond acceptors (Lipinski definition) is 10. The van der Waals surface area contributed by atoms with Gasteiger partial charge in [0.1, 0.15) is 23.4 Å². The maximum atomic E-state index is 12.5. The third kappa shape index (κ3) is 2.26. The molecular weight excluding hydrogens is 376 g/mol. The van der Waals surface area contributed by atoms with Gasteiger partial charge in [0.05, 0.1) is 39.6 Å². The first kappa shape index (κ1) is 21.3. The van der Waals surface area contributed by atoms with E-state index < -0.39 is 69.2 Å². The van der Waals surface area contributed by atoms with Crippen LogP contribution in [0.15, 0.2) is 22.7 Å². The number of fused-ring (bicyclic) bond motifs is 1. The predicted molar refractivity (Wildman–Crippen MR) is 90.6 cm³/mol. The van der Waals surface area contributed by atoms with Gasteiger partial charge in [0.2, 0.25) is 0 Å². The molecule has 0 heterocycles. The van der Waals surface area contributed by atoms with Crippen molar-refractivity contribution >= 4 is 23.9 Å². The predicted octanol–water partition coefficient (Wildman–Crippen LogP) is 0.575. The first-order chi connectivity index (χ1) is 13.0. The minimum Gasteiger partial charge on any atom is -0.511 e. The molecule has 2 rings (SSSR count). The van der Waals surface area contributed by atoms with Crippen LogP contribution < -0.4 is 0 Å². The Hall–Kier alpha value is -3.04. The lowest BCUT2D eigenvalue weighted by atomic mass is 9.58. The van der Waals surface area contributed by atoms with Crippen LogP contribution in [-0.2, 0) is 38.1 Å². The van der Waals surface area contributed by atoms with E-state index in [1.807, 2.05) is 0 Å². The second-order valence-electron chi connectivity index (χ2n) is 6.82. The molecule has 2 N–H and O–H groups in total. The van der Waals surface area contributed by atoms with Crippen LogP contribution >= 0.6 is 0 Å². The van der Waals surface area contributed by atoms with Crippen LogP contribution in [0, 0.1) is 22.7 Å². The lowest BCUT2D eigenvalue weighted by molar-refractivity contribution is -0.157. The molecule has 2 unspecified atom stereocenters. The number of esters is 4. The van der Waals surface area contributed by atoms with Gasteiger partial charge in [-0.15, -0.1) is 0 Å². The third-order valence-electron chi connectivity index (χ3n) is 5.98. The second kappa shape index (κ2) is 6.84. The molecule has 0 aromatic rings. The van der Waals surface area contributed by atoms with Gasteiger partial charge in [-0.05, 0) is 0 Å². The Morgan fingerprint density at radius 3 is 1.18 bits per heavy atom. The molecule has 10 heteroatoms. The number of aliphatic hydroxyl groups excluding tert-OH is 2. The van der Waals surface area contributed by atoms with Gasteiger partial charge < -0.3 is 29.2 Å². The molecule has 10 nitrogen and oxygen atoms in total. The summed E-state index contributed by atoms with van der Waals surface area (Å²) in [5, 5.41) is 21.6. The van der Waals surface area contributed by atoms with E-state index in [1.54, 1.807) is 0 Å². The van der Waals surface area contributed by atoms with Crippen molar-refractivity contribution in [2.24, 2.45) is 22.7 Å². The van der Waals surface area contributed by atoms with Crippen LogP contribution in [0.5, 0.6) is 0 Å². The summed E-state index contributed by atoms with van der Waals surface area (Å²) in [7, 11) is 4.21. The van der Waals surface area contributed by atoms with Gasteiger partial charge in [-0.2, -0.15) is 0 Å². The van der Waals surface area contributed by atoms with E-state index in [2.05, 4.69) is 0 Å². The Bertz CT molecular complexity index is 754. The molecule has 0 aromatic carbocycles. The molecule has 28 heavy (non-hydrogen) atoms. The highest BCUT2D eigenvalue weighted by Crippen LogP contribution is 2.71. The number of rotatable bonds is 4. The van der Waals surface area contributed by atoms with Gasteiger partial charge in [0.15, 0.2) is 0 Å². The van der Waals surface area contributed by atoms with E-state index in [4.69, 9.17) is 18.9 Å². The van der Waals surface area contributed by atoms with E-state index in [-0.39, 0.29) is 0 Å². The highest BCUT2D eigenvalue weighted by Gasteiger charge is 2.76. The fraction of sp³-hybridized carbons (Fsp3) is 0.556. The topological polar surface area (TPSA) is 146 Å². The van der Waals surface area contributed by atoms with Gasteiger partial charge in [0.25, 0.3) is 0 Å². The summed E-state index contributed by atoms with van der Waals surface area (Å²) < 4.78 is 18.9. The number of carbonyl (C=O) groups excluding carboxylic acids is 4. The lowest BCUT2D eigenvalue weighted by Crippen LogP contribution is -2.48. The molecule has 154 valence electrons. The fourth-order valence-electron chi connectivity index (χ4n) is 4.54. The minimum atomic E-state index is -1.77. The summed E-state index contributed by atoms with van der Waals surface area (Å²) in [6, 6.07) is 0. The van der Waals surface area contributed by atoms with Crippen molar-refractivity contribution in [2.75, 3.05) is 28.4 Å². The van der Waals surface area contributed by atoms with Crippen LogP contribution in [0.2, 0.25) is 0 Å². The number of methoxy groups -OCH3 is 4. The molecule has 0 aliphatic heterocycles. The number of carbonyl (C=O) groups is 4. The molecule has 0 fully saturated rings. The van der Waals surface area contributed by atoms with Crippen LogP contribution in [0.1, 0.15) is 13.8 Å². The zero-order chi connectivity index (χ0) is 21.6. The zero-order valence-electron chi connectivity index (χ0n) is 16.3. The quantitative estimate of drug-likeness (QED) is 0.509. The molecule has 0 radical (unpaired) electrons. The maximum Gasteiger partial charge on any atom is 0.337 e. The smallest absolute Gasteiger partial charge is 0.337 e. The monoisotopic (exact) mass is 398 g/mol. The Labute approximate surface area is 160 Å². The molecule has 2 aliphatic rings. The zero-order valence-corrected chi connectivity index (χ0v) is 16.3. The van der Waals surface area contributed by atoms with Crippen molar-refractivity contribution in [3.05, 3.63) is 22.7 Å². The molecule has 0 aromatic heterocycles. The molecule has 0 bridgehead atoms. The van der Waals surface area contributed by atoms with E-state index in [0.717, 1.165) is 28.4 Å². The second-order valence-corrected chi connectivity index (χ2v) is 6.82. The van der Waals surface area contributed by atoms with Crippen molar-refractivity contribution in [1.82, 2.24) is 0 Å². The summed E-state index contributed by atoms with van der Waals surface area (Å²) in [6.07, 6.45) is 0. The lowest BCUT2D eigenvalue weighted by Gasteiger charge is -2.41. The molecular formula is C18H22O10. The number of ether oxygens (including phenoxy) is 4. The van der Waals surface area contributed by atoms with Crippen LogP contribution in [0.4, 0.5) is 0 Å². The van der Waals surface area contributed by atoms with E-state index in [0.29, 0.717) is 0 Å². The minimum absolute atomic E-state index is 0.436. The van der Waals surface area contributed by atoms with Crippen LogP contribution in [0.25, 0.3) is 0 Å². The Morgan fingerprint density at radius 2 is 0.964 bits per heavy atom. The average Bonchev–Trinajstić information content (AvgIpc) is 2.94. The third-order valence-corrected chi connectivity index (χ3v) is 5.98. The summed E-state index contributed by atoms with van der Waals surface area (Å²) in [5.74, 6) is -8.63. The summed E-state index contributed by atoms with van der Waals surface area (Å²) in [6.45, 7) is 2.71. The largest absolute Gasteiger partial charge is 0.511 e. The van der Waals surface area contributed by atoms with Gasteiger partial charge in [-0.25, -0.2) is 9.59 Å². The summed E-state index contributed by atoms with van der Waals surface area (Å²) in [4.78, 5) is 50.1. The van der Waals surface area contributed by atoms with Crippen molar-refractivity contribution < 1.29 is 48.3 Å². The van der Waals surface area contributed by atoms with Gasteiger partial charge >= 0.3 is 23.9 Å². The number of hydrogen-bond donors (Lipinski definition) is 2. The highest BCUT2D eigenvalue weighted by molar-refractivity contribution is 6.02. The fourth-order valence-corrected chi connectivity index (χ4v) is 4.54. The van der Waals surface area contributed by atoms with Crippen LogP contribution in [-0.4, -0.2) is 62.5 Å². The molecule has 2 aliphatic carbocycles. The normalized spacial score (nSPS) is 31.4. The van der Waals surface area contributed by atoms with Gasteiger partial charge in [0, 0.05) is 10.8 Å². The van der Waals surface area contributed by atoms with E-state index >= 15 is 0 Å². The highest BCUT2D eigenvalue weighted by atomic mass is 16.5. The van der Waals surface area contributed by atoms with Crippen molar-refractivity contribution in [3.63, 3.8) is 0 Å². The standard InChI is InChI=1S/C18H22O10/c1-17-7(13(21)25-3)11(19)9(15(23)27-5)18(17,2)10(16(24)28-6)12(20)8(17)14(22)26-4/h7,10,19-20H,1-6H3/t7?,10?,17-,18+/m1/s1. The molecule has 0 amide bonds. The molecule has 0 spiro atoms. The Kier molecular flexibility index (Phi) is 5.20. The molecule has 4 atom stereocenters. The summed E-state index contributed by atoms with van der Waals surface area (Å²) in [5.41, 5.74) is -4.42. The van der Waals surface area contributed by atoms with Gasteiger partial charge in [-0.1, -0.05) is 13.8 Å². The van der Waals surface area contributed by atoms with Gasteiger partial charge in [-0.3, -0.25) is 9.59 Å².